The number of carbonyl (C=O) groups excluding carboxylic acids is 8. The van der Waals surface area contributed by atoms with E-state index in [0.717, 1.165) is 32.1 Å². The normalized spacial score (nSPS) is 25.6. The predicted molar refractivity (Wildman–Crippen MR) is 418 cm³/mol. The third kappa shape index (κ3) is 42.4. The molecule has 17 N–H and O–H groups in total. The van der Waals surface area contributed by atoms with E-state index in [0.29, 0.717) is 18.9 Å². The van der Waals surface area contributed by atoms with Gasteiger partial charge < -0.3 is 164 Å². The Morgan fingerprint density at radius 3 is 1.20 bits per heavy atom. The van der Waals surface area contributed by atoms with E-state index in [1.807, 2.05) is 0 Å². The fourth-order valence-corrected chi connectivity index (χ4v) is 14.8. The number of amides is 7. The first-order valence-corrected chi connectivity index (χ1v) is 41.9. The smallest absolute Gasteiger partial charge is 0.259 e. The van der Waals surface area contributed by atoms with Crippen LogP contribution in [0, 0.1) is 17.2 Å². The van der Waals surface area contributed by atoms with Gasteiger partial charge in [-0.25, -0.2) is 4.67 Å². The lowest BCUT2D eigenvalue weighted by atomic mass is 9.84. The van der Waals surface area contributed by atoms with Crippen LogP contribution in [0.5, 0.6) is 0 Å². The van der Waals surface area contributed by atoms with Crippen LogP contribution in [-0.4, -0.2) is 398 Å². The van der Waals surface area contributed by atoms with Crippen LogP contribution in [0.1, 0.15) is 119 Å². The molecule has 4 fully saturated rings. The summed E-state index contributed by atoms with van der Waals surface area (Å²) in [6.07, 6.45) is -11.9. The maximum absolute atomic E-state index is 14.0. The monoisotopic (exact) mass is 1730 g/mol. The van der Waals surface area contributed by atoms with Crippen molar-refractivity contribution >= 4 is 55.7 Å². The molecule has 688 valence electrons. The summed E-state index contributed by atoms with van der Waals surface area (Å²) in [7, 11) is -1.34. The van der Waals surface area contributed by atoms with Gasteiger partial charge in [-0.15, -0.1) is 0 Å². The van der Waals surface area contributed by atoms with Crippen molar-refractivity contribution in [2.24, 2.45) is 5.92 Å². The molecule has 0 spiro atoms. The summed E-state index contributed by atoms with van der Waals surface area (Å²) >= 11 is 0. The highest BCUT2D eigenvalue weighted by atomic mass is 31.2. The van der Waals surface area contributed by atoms with Crippen LogP contribution in [-0.2, 0) is 114 Å². The third-order valence-electron chi connectivity index (χ3n) is 19.1. The molecule has 3 heterocycles. The Kier molecular flexibility index (Phi) is 54.6. The average Bonchev–Trinajstić information content (AvgIpc) is 0.820. The van der Waals surface area contributed by atoms with Crippen LogP contribution < -0.4 is 42.5 Å². The largest absolute Gasteiger partial charge is 0.394 e. The van der Waals surface area contributed by atoms with Crippen LogP contribution in [0.25, 0.3) is 0 Å². The van der Waals surface area contributed by atoms with Crippen LogP contribution in [0.15, 0.2) is 0 Å². The molecule has 4 aliphatic rings. The van der Waals surface area contributed by atoms with E-state index in [9.17, 15) is 84.3 Å². The Morgan fingerprint density at radius 2 is 0.815 bits per heavy atom. The van der Waals surface area contributed by atoms with E-state index in [1.165, 1.54) is 20.8 Å². The second-order valence-corrected chi connectivity index (χ2v) is 31.0. The van der Waals surface area contributed by atoms with Gasteiger partial charge in [0.25, 0.3) is 8.53 Å². The molecular formula is C75H135N10O33P. The summed E-state index contributed by atoms with van der Waals surface area (Å²) in [5.41, 5.74) is -1.53. The first-order chi connectivity index (χ1) is 57.1. The molecule has 44 heteroatoms. The Labute approximate surface area is 696 Å². The minimum Gasteiger partial charge on any atom is -0.394 e. The highest BCUT2D eigenvalue weighted by Crippen LogP contribution is 2.49. The molecular weight excluding hydrogens is 1600 g/mol. The number of rotatable bonds is 65. The van der Waals surface area contributed by atoms with Crippen molar-refractivity contribution in [2.75, 3.05) is 185 Å². The van der Waals surface area contributed by atoms with E-state index in [4.69, 9.17) is 80.6 Å². The molecule has 1 unspecified atom stereocenters. The van der Waals surface area contributed by atoms with Crippen molar-refractivity contribution in [1.29, 1.82) is 5.26 Å². The van der Waals surface area contributed by atoms with Gasteiger partial charge in [-0.05, 0) is 65.7 Å². The first-order valence-electron chi connectivity index (χ1n) is 40.8. The third-order valence-corrected chi connectivity index (χ3v) is 21.2. The Bertz CT molecular complexity index is 2810. The molecule has 0 bridgehead atoms. The number of hydrogen-bond donors (Lipinski definition) is 17. The molecule has 43 nitrogen and oxygen atoms in total. The summed E-state index contributed by atoms with van der Waals surface area (Å²) in [5.74, 6) is -2.97. The van der Waals surface area contributed by atoms with Crippen molar-refractivity contribution in [3.63, 3.8) is 0 Å². The van der Waals surface area contributed by atoms with Crippen molar-refractivity contribution < 1.29 is 160 Å². The summed E-state index contributed by atoms with van der Waals surface area (Å²) in [5, 5.41) is 122. The van der Waals surface area contributed by atoms with Gasteiger partial charge in [0.15, 0.2) is 18.9 Å². The van der Waals surface area contributed by atoms with E-state index in [2.05, 4.69) is 81.0 Å². The number of nitrogens with zero attached hydrogens (tertiary/aromatic N) is 2. The number of nitrogens with one attached hydrogen (secondary N) is 8. The maximum Gasteiger partial charge on any atom is 0.259 e. The lowest BCUT2D eigenvalue weighted by Crippen LogP contribution is -2.64. The standard InChI is InChI=1S/C75H135N10O33P/c1-48(2)85(49(3)4)119(114-24-8-19-76)118-55-12-9-53(10-13-55)11-14-59(93)78-21-30-105-34-33-103-26-18-62(96)84-75(46-109-27-16-60(94)79-22-31-106-36-39-112-73-64(82-51(6)90)70(101)67(98)57(43-87)116-73,47-110-28-17-61(95)80-23-32-107-37-40-113-74-65(83-52(7)91)71(102)68(99)58(44-88)117-74)45-108-25-15-54(92)41-77-20-29-104-35-38-111-72-63(81-50(5)89)69(100)66(97)56(42-86)115-72/h48-49,53,55-58,63-74,77,86-88,97-102H,8-18,20-47H2,1-7H3,(H,78,93)(H,79,94)(H,80,95)(H,81,89)(H,82,90)(H,83,91)(H,84,96)/t53?,55?,56-,57-,58-,63-,64-,65-,66+,67+,68+,69-,70-,71-,72-,73-,74-,119?/m1/s1. The molecule has 4 rings (SSSR count). The van der Waals surface area contributed by atoms with Gasteiger partial charge in [0.2, 0.25) is 41.4 Å². The summed E-state index contributed by atoms with van der Waals surface area (Å²) in [4.78, 5) is 102. The predicted octanol–water partition coefficient (Wildman–Crippen LogP) is -5.45. The highest BCUT2D eigenvalue weighted by Gasteiger charge is 2.48. The zero-order chi connectivity index (χ0) is 87.5. The molecule has 0 radical (unpaired) electrons. The number of aliphatic hydroxyl groups is 9. The number of aliphatic hydroxyl groups excluding tert-OH is 9. The molecule has 119 heavy (non-hydrogen) atoms. The number of ether oxygens (including phenoxy) is 14. The maximum atomic E-state index is 14.0. The van der Waals surface area contributed by atoms with Crippen molar-refractivity contribution in [3.8, 4) is 6.07 Å². The molecule has 3 saturated heterocycles. The SMILES string of the molecule is CC(=O)N[C@H]1[C@H](OCCOCCNCC(=O)CCOCC(COCCC(=O)NCCOCCO[C@@H]2O[C@H](CO)[C@H](O)[C@H](O)[C@H]2NC(C)=O)(COCCC(=O)NCCOCCO[C@@H]2O[C@H](CO)[C@H](O)[C@H](O)[C@H]2NC(C)=O)NC(=O)CCOCCOCCNC(=O)CCC2CCC(OP(OCCC#N)N(C(C)C)C(C)C)CC2)O[C@H](CO)[C@H](O)[C@@H]1O. The Balaban J connectivity index is 1.32. The lowest BCUT2D eigenvalue weighted by Gasteiger charge is -2.42. The number of ketones is 1. The number of hydrogen-bond acceptors (Lipinski definition) is 36. The zero-order valence-electron chi connectivity index (χ0n) is 69.7. The van der Waals surface area contributed by atoms with Gasteiger partial charge in [0, 0.05) is 91.1 Å². The highest BCUT2D eigenvalue weighted by molar-refractivity contribution is 7.44. The van der Waals surface area contributed by atoms with Crippen LogP contribution in [0.3, 0.4) is 0 Å². The van der Waals surface area contributed by atoms with E-state index < -0.39 is 161 Å². The Hall–Kier alpha value is -5.20. The van der Waals surface area contributed by atoms with Crippen molar-refractivity contribution in [1.82, 2.24) is 47.2 Å². The molecule has 0 aromatic carbocycles. The molecule has 1 saturated carbocycles. The van der Waals surface area contributed by atoms with Gasteiger partial charge in [-0.1, -0.05) is 0 Å². The van der Waals surface area contributed by atoms with E-state index in [1.54, 1.807) is 0 Å². The summed E-state index contributed by atoms with van der Waals surface area (Å²) < 4.78 is 95.0. The van der Waals surface area contributed by atoms with Crippen molar-refractivity contribution in [3.05, 3.63) is 0 Å². The van der Waals surface area contributed by atoms with Crippen LogP contribution in [0.2, 0.25) is 0 Å². The second-order valence-electron chi connectivity index (χ2n) is 29.6. The van der Waals surface area contributed by atoms with Gasteiger partial charge in [0.05, 0.1) is 177 Å². The zero-order valence-corrected chi connectivity index (χ0v) is 70.6. The number of carbonyl (C=O) groups is 8. The Morgan fingerprint density at radius 1 is 0.454 bits per heavy atom. The fraction of sp³-hybridized carbons (Fsp3) is 0.880. The van der Waals surface area contributed by atoms with E-state index >= 15 is 0 Å². The minimum absolute atomic E-state index is 0.0224. The minimum atomic E-state index is -1.53. The lowest BCUT2D eigenvalue weighted by molar-refractivity contribution is -0.272. The quantitative estimate of drug-likeness (QED) is 0.0200. The fourth-order valence-electron chi connectivity index (χ4n) is 13.0. The summed E-state index contributed by atoms with van der Waals surface area (Å²) in [6, 6.07) is -0.907. The van der Waals surface area contributed by atoms with Crippen LogP contribution in [0.4, 0.5) is 0 Å². The van der Waals surface area contributed by atoms with Crippen LogP contribution >= 0.6 is 8.53 Å². The molecule has 0 aromatic heterocycles. The van der Waals surface area contributed by atoms with Gasteiger partial charge in [-0.2, -0.15) is 5.26 Å². The topological polar surface area (TPSA) is 590 Å². The number of Topliss-reactive ketones (excluding diaryl/α,β-unsaturated/α-hetero) is 1. The molecule has 7 amide bonds. The molecule has 0 aromatic rings. The van der Waals surface area contributed by atoms with E-state index in [-0.39, 0.29) is 220 Å². The second kappa shape index (κ2) is 61.2. The summed E-state index contributed by atoms with van der Waals surface area (Å²) in [6.45, 7) is 9.76. The van der Waals surface area contributed by atoms with Gasteiger partial charge in [-0.3, -0.25) is 38.4 Å². The van der Waals surface area contributed by atoms with Gasteiger partial charge in [0.1, 0.15) is 84.4 Å². The molecule has 1 aliphatic carbocycles. The first kappa shape index (κ1) is 106. The molecule has 3 aliphatic heterocycles. The molecule has 16 atom stereocenters. The van der Waals surface area contributed by atoms with Crippen molar-refractivity contribution in [2.45, 2.75) is 235 Å². The van der Waals surface area contributed by atoms with Gasteiger partial charge >= 0.3 is 0 Å². The number of nitriles is 1. The average molecular weight is 1740 g/mol.